The Kier molecular flexibility index (Phi) is 8.67. The molecular weight excluding hydrogens is 499 g/mol. The lowest BCUT2D eigenvalue weighted by molar-refractivity contribution is -0.0495. The van der Waals surface area contributed by atoms with Gasteiger partial charge in [-0.3, -0.25) is 4.99 Å². The number of hydrogen-bond donors (Lipinski definition) is 2. The van der Waals surface area contributed by atoms with Gasteiger partial charge in [0.05, 0.1) is 23.4 Å². The highest BCUT2D eigenvalue weighted by molar-refractivity contribution is 14.0. The first-order valence-electron chi connectivity index (χ1n) is 8.71. The zero-order valence-electron chi connectivity index (χ0n) is 15.7. The second-order valence-electron chi connectivity index (χ2n) is 6.21. The van der Waals surface area contributed by atoms with Gasteiger partial charge in [-0.05, 0) is 25.5 Å². The number of benzene rings is 1. The fraction of sp³-hybridized carbons (Fsp3) is 0.444. The Hall–Kier alpha value is -1.69. The van der Waals surface area contributed by atoms with Gasteiger partial charge < -0.3 is 20.3 Å². The predicted octanol–water partition coefficient (Wildman–Crippen LogP) is 3.61. The number of alkyl halides is 2. The van der Waals surface area contributed by atoms with E-state index in [1.165, 1.54) is 4.88 Å². The van der Waals surface area contributed by atoms with Crippen molar-refractivity contribution in [3.8, 4) is 5.75 Å². The zero-order valence-corrected chi connectivity index (χ0v) is 18.8. The van der Waals surface area contributed by atoms with Gasteiger partial charge in [-0.2, -0.15) is 8.78 Å². The molecule has 6 nitrogen and oxygen atoms in total. The number of para-hydroxylation sites is 2. The van der Waals surface area contributed by atoms with Gasteiger partial charge in [0.1, 0.15) is 5.75 Å². The zero-order chi connectivity index (χ0) is 19.2. The summed E-state index contributed by atoms with van der Waals surface area (Å²) in [7, 11) is 1.73. The third kappa shape index (κ3) is 5.90. The summed E-state index contributed by atoms with van der Waals surface area (Å²) >= 11 is 1.61. The maximum atomic E-state index is 12.6. The number of guanidine groups is 1. The summed E-state index contributed by atoms with van der Waals surface area (Å²) in [5.74, 6) is 0.920. The minimum absolute atomic E-state index is 0. The van der Waals surface area contributed by atoms with Crippen LogP contribution in [0.15, 0.2) is 34.8 Å². The first kappa shape index (κ1) is 22.6. The van der Waals surface area contributed by atoms with Crippen molar-refractivity contribution in [3.63, 3.8) is 0 Å². The third-order valence-electron chi connectivity index (χ3n) is 4.44. The number of aromatic nitrogens is 1. The topological polar surface area (TPSA) is 61.8 Å². The van der Waals surface area contributed by atoms with Crippen LogP contribution in [0.5, 0.6) is 5.75 Å². The van der Waals surface area contributed by atoms with Crippen LogP contribution in [0.1, 0.15) is 17.0 Å². The number of nitrogens with one attached hydrogen (secondary N) is 2. The molecule has 2 heterocycles. The third-order valence-corrected chi connectivity index (χ3v) is 5.37. The van der Waals surface area contributed by atoms with Crippen molar-refractivity contribution in [2.75, 3.05) is 25.0 Å². The van der Waals surface area contributed by atoms with Gasteiger partial charge in [0.2, 0.25) is 0 Å². The Morgan fingerprint density at radius 3 is 2.89 bits per heavy atom. The van der Waals surface area contributed by atoms with Gasteiger partial charge >= 0.3 is 6.61 Å². The van der Waals surface area contributed by atoms with E-state index in [0.29, 0.717) is 24.7 Å². The number of thiazole rings is 1. The molecule has 0 radical (unpaired) electrons. The molecule has 0 aliphatic carbocycles. The van der Waals surface area contributed by atoms with E-state index < -0.39 is 6.61 Å². The Morgan fingerprint density at radius 1 is 1.43 bits per heavy atom. The van der Waals surface area contributed by atoms with Gasteiger partial charge in [-0.25, -0.2) is 4.98 Å². The SMILES string of the molecule is CN=C(NCc1scnc1C)NC1CCN(c2ccccc2OC(F)F)C1.I. The molecule has 2 N–H and O–H groups in total. The summed E-state index contributed by atoms with van der Waals surface area (Å²) in [4.78, 5) is 11.7. The van der Waals surface area contributed by atoms with Crippen molar-refractivity contribution in [1.29, 1.82) is 0 Å². The summed E-state index contributed by atoms with van der Waals surface area (Å²) in [5.41, 5.74) is 3.53. The first-order chi connectivity index (χ1) is 13.1. The summed E-state index contributed by atoms with van der Waals surface area (Å²) in [6.45, 7) is 1.26. The summed E-state index contributed by atoms with van der Waals surface area (Å²) < 4.78 is 29.9. The van der Waals surface area contributed by atoms with Crippen LogP contribution in [0, 0.1) is 6.92 Å². The number of halogens is 3. The molecule has 1 aliphatic rings. The van der Waals surface area contributed by atoms with E-state index in [1.54, 1.807) is 36.6 Å². The number of anilines is 1. The van der Waals surface area contributed by atoms with Crippen molar-refractivity contribution in [2.24, 2.45) is 4.99 Å². The molecule has 1 saturated heterocycles. The highest BCUT2D eigenvalue weighted by Gasteiger charge is 2.26. The van der Waals surface area contributed by atoms with Crippen LogP contribution in [-0.2, 0) is 6.54 Å². The lowest BCUT2D eigenvalue weighted by atomic mass is 10.2. The molecule has 1 unspecified atom stereocenters. The fourth-order valence-corrected chi connectivity index (χ4v) is 3.78. The van der Waals surface area contributed by atoms with Crippen LogP contribution in [-0.4, -0.2) is 43.7 Å². The highest BCUT2D eigenvalue weighted by Crippen LogP contribution is 2.31. The number of nitrogens with zero attached hydrogens (tertiary/aromatic N) is 3. The Bertz CT molecular complexity index is 789. The van der Waals surface area contributed by atoms with Crippen LogP contribution in [0.2, 0.25) is 0 Å². The lowest BCUT2D eigenvalue weighted by Gasteiger charge is -2.22. The first-order valence-corrected chi connectivity index (χ1v) is 9.59. The number of aliphatic imine (C=N–C) groups is 1. The molecule has 10 heteroatoms. The van der Waals surface area contributed by atoms with Gasteiger partial charge in [0.15, 0.2) is 5.96 Å². The quantitative estimate of drug-likeness (QED) is 0.344. The van der Waals surface area contributed by atoms with E-state index in [0.717, 1.165) is 18.7 Å². The number of ether oxygens (including phenoxy) is 1. The molecule has 1 aromatic carbocycles. The summed E-state index contributed by atoms with van der Waals surface area (Å²) in [6, 6.07) is 7.06. The molecule has 0 saturated carbocycles. The molecule has 2 aromatic rings. The normalized spacial score (nSPS) is 16.8. The molecular formula is C18H24F2IN5OS. The number of rotatable bonds is 6. The van der Waals surface area contributed by atoms with E-state index in [4.69, 9.17) is 0 Å². The van der Waals surface area contributed by atoms with Crippen LogP contribution < -0.4 is 20.3 Å². The molecule has 3 rings (SSSR count). The predicted molar refractivity (Wildman–Crippen MR) is 119 cm³/mol. The maximum absolute atomic E-state index is 12.6. The van der Waals surface area contributed by atoms with Gasteiger partial charge in [0.25, 0.3) is 0 Å². The fourth-order valence-electron chi connectivity index (χ4n) is 3.06. The largest absolute Gasteiger partial charge is 0.433 e. The van der Waals surface area contributed by atoms with Crippen molar-refractivity contribution in [1.82, 2.24) is 15.6 Å². The van der Waals surface area contributed by atoms with E-state index in [2.05, 4.69) is 30.2 Å². The van der Waals surface area contributed by atoms with Crippen molar-refractivity contribution in [2.45, 2.75) is 32.5 Å². The minimum Gasteiger partial charge on any atom is -0.433 e. The minimum atomic E-state index is -2.83. The van der Waals surface area contributed by atoms with Gasteiger partial charge in [-0.15, -0.1) is 35.3 Å². The Morgan fingerprint density at radius 2 is 2.21 bits per heavy atom. The molecule has 1 fully saturated rings. The molecule has 0 bridgehead atoms. The van der Waals surface area contributed by atoms with E-state index in [-0.39, 0.29) is 35.8 Å². The lowest BCUT2D eigenvalue weighted by Crippen LogP contribution is -2.44. The highest BCUT2D eigenvalue weighted by atomic mass is 127. The van der Waals surface area contributed by atoms with E-state index >= 15 is 0 Å². The van der Waals surface area contributed by atoms with Crippen LogP contribution in [0.25, 0.3) is 0 Å². The molecule has 1 aliphatic heterocycles. The van der Waals surface area contributed by atoms with Crippen LogP contribution in [0.4, 0.5) is 14.5 Å². The Balaban J connectivity index is 0.00000280. The average Bonchev–Trinajstić information content (AvgIpc) is 3.27. The van der Waals surface area contributed by atoms with E-state index in [9.17, 15) is 8.78 Å². The van der Waals surface area contributed by atoms with Crippen LogP contribution in [0.3, 0.4) is 0 Å². The average molecular weight is 523 g/mol. The molecule has 1 aromatic heterocycles. The maximum Gasteiger partial charge on any atom is 0.387 e. The monoisotopic (exact) mass is 523 g/mol. The smallest absolute Gasteiger partial charge is 0.387 e. The molecule has 28 heavy (non-hydrogen) atoms. The van der Waals surface area contributed by atoms with Crippen molar-refractivity contribution < 1.29 is 13.5 Å². The van der Waals surface area contributed by atoms with E-state index in [1.807, 2.05) is 18.5 Å². The molecule has 1 atom stereocenters. The number of aryl methyl sites for hydroxylation is 1. The molecule has 0 spiro atoms. The van der Waals surface area contributed by atoms with Crippen molar-refractivity contribution >= 4 is 47.0 Å². The van der Waals surface area contributed by atoms with Crippen molar-refractivity contribution in [3.05, 3.63) is 40.3 Å². The summed E-state index contributed by atoms with van der Waals surface area (Å²) in [6.07, 6.45) is 0.878. The molecule has 154 valence electrons. The second-order valence-corrected chi connectivity index (χ2v) is 7.15. The van der Waals surface area contributed by atoms with Gasteiger partial charge in [-0.1, -0.05) is 12.1 Å². The number of hydrogen-bond acceptors (Lipinski definition) is 5. The second kappa shape index (κ2) is 10.7. The summed E-state index contributed by atoms with van der Waals surface area (Å²) in [5, 5.41) is 6.70. The van der Waals surface area contributed by atoms with Crippen LogP contribution >= 0.6 is 35.3 Å². The Labute approximate surface area is 184 Å². The van der Waals surface area contributed by atoms with Gasteiger partial charge in [0, 0.05) is 31.1 Å². The molecule has 0 amide bonds. The standard InChI is InChI=1S/C18H23F2N5OS.HI/c1-12-16(27-11-23-12)9-22-18(21-2)24-13-7-8-25(10-13)14-5-3-4-6-15(14)26-17(19)20;/h3-6,11,13,17H,7-10H2,1-2H3,(H2,21,22,24);1H.